The molecule has 5 heterocycles. The summed E-state index contributed by atoms with van der Waals surface area (Å²) in [5.41, 5.74) is 9.41. The Balaban J connectivity index is 1.50. The van der Waals surface area contributed by atoms with Gasteiger partial charge in [0.15, 0.2) is 11.6 Å². The number of rotatable bonds is 2. The summed E-state index contributed by atoms with van der Waals surface area (Å²) in [6.45, 7) is 1.15. The van der Waals surface area contributed by atoms with Gasteiger partial charge in [0, 0.05) is 29.1 Å². The highest BCUT2D eigenvalue weighted by Crippen LogP contribution is 2.45. The fraction of sp³-hybridized carbons (Fsp3) is 0.280. The number of hydrogen-bond donors (Lipinski definition) is 1. The van der Waals surface area contributed by atoms with E-state index >= 15 is 4.39 Å². The smallest absolute Gasteiger partial charge is 0.226 e. The molecule has 174 valence electrons. The number of aromatic nitrogens is 3. The van der Waals surface area contributed by atoms with Crippen LogP contribution < -0.4 is 10.6 Å². The summed E-state index contributed by atoms with van der Waals surface area (Å²) < 4.78 is 36.9. The van der Waals surface area contributed by atoms with Crippen LogP contribution in [0.25, 0.3) is 32.2 Å². The lowest BCUT2D eigenvalue weighted by atomic mass is 9.94. The molecule has 0 amide bonds. The minimum Gasteiger partial charge on any atom is -0.389 e. The van der Waals surface area contributed by atoms with Gasteiger partial charge in [-0.2, -0.15) is 5.26 Å². The topological polar surface area (TPSA) is 101 Å². The number of halogens is 2. The molecule has 3 aromatic heterocycles. The molecule has 7 rings (SSSR count). The van der Waals surface area contributed by atoms with Gasteiger partial charge in [0.1, 0.15) is 16.6 Å². The summed E-state index contributed by atoms with van der Waals surface area (Å²) in [7, 11) is 0. The monoisotopic (exact) mass is 488 g/mol. The number of nitrogen functional groups attached to an aromatic ring is 1. The van der Waals surface area contributed by atoms with E-state index in [1.54, 1.807) is 6.20 Å². The average Bonchev–Trinajstić information content (AvgIpc) is 3.63. The summed E-state index contributed by atoms with van der Waals surface area (Å²) in [4.78, 5) is 15.7. The Kier molecular flexibility index (Phi) is 4.38. The highest BCUT2D eigenvalue weighted by molar-refractivity contribution is 7.23. The maximum absolute atomic E-state index is 16.4. The van der Waals surface area contributed by atoms with Gasteiger partial charge in [-0.05, 0) is 36.0 Å². The van der Waals surface area contributed by atoms with Crippen LogP contribution in [0.4, 0.5) is 19.7 Å². The third-order valence-corrected chi connectivity index (χ3v) is 8.31. The van der Waals surface area contributed by atoms with E-state index in [1.807, 2.05) is 6.07 Å². The molecule has 0 spiro atoms. The maximum atomic E-state index is 16.4. The molecule has 1 saturated carbocycles. The van der Waals surface area contributed by atoms with Crippen LogP contribution in [0.5, 0.6) is 0 Å². The first kappa shape index (κ1) is 20.7. The van der Waals surface area contributed by atoms with E-state index in [4.69, 9.17) is 10.5 Å². The quantitative estimate of drug-likeness (QED) is 0.398. The van der Waals surface area contributed by atoms with Crippen LogP contribution >= 0.6 is 11.3 Å². The lowest BCUT2D eigenvalue weighted by molar-refractivity contribution is 0.135. The van der Waals surface area contributed by atoms with Crippen molar-refractivity contribution in [1.82, 2.24) is 15.0 Å². The molecule has 10 heteroatoms. The van der Waals surface area contributed by atoms with Gasteiger partial charge in [-0.3, -0.25) is 4.98 Å². The highest BCUT2D eigenvalue weighted by Gasteiger charge is 2.34. The Bertz CT molecular complexity index is 1660. The molecule has 0 saturated heterocycles. The van der Waals surface area contributed by atoms with Crippen molar-refractivity contribution in [3.05, 3.63) is 52.4 Å². The van der Waals surface area contributed by atoms with Crippen molar-refractivity contribution in [1.29, 1.82) is 5.26 Å². The van der Waals surface area contributed by atoms with Crippen LogP contribution in [-0.4, -0.2) is 27.5 Å². The van der Waals surface area contributed by atoms with Crippen molar-refractivity contribution < 1.29 is 13.5 Å². The molecular weight excluding hydrogens is 470 g/mol. The zero-order chi connectivity index (χ0) is 23.8. The number of fused-ring (bicyclic) bond motifs is 5. The maximum Gasteiger partial charge on any atom is 0.226 e. The molecule has 2 N–H and O–H groups in total. The summed E-state index contributed by atoms with van der Waals surface area (Å²) in [6.07, 6.45) is 8.17. The average molecular weight is 489 g/mol. The van der Waals surface area contributed by atoms with Crippen molar-refractivity contribution in [2.45, 2.75) is 38.5 Å². The number of pyridine rings is 1. The van der Waals surface area contributed by atoms with E-state index in [2.05, 4.69) is 25.9 Å². The fourth-order valence-corrected chi connectivity index (χ4v) is 6.61. The highest BCUT2D eigenvalue weighted by atomic mass is 32.1. The van der Waals surface area contributed by atoms with Crippen LogP contribution in [0, 0.1) is 23.0 Å². The first-order valence-electron chi connectivity index (χ1n) is 11.4. The Labute approximate surface area is 202 Å². The van der Waals surface area contributed by atoms with E-state index in [-0.39, 0.29) is 56.7 Å². The second kappa shape index (κ2) is 7.41. The minimum absolute atomic E-state index is 0.0967. The molecule has 1 aromatic carbocycles. The van der Waals surface area contributed by atoms with Gasteiger partial charge in [-0.15, -0.1) is 11.3 Å². The van der Waals surface area contributed by atoms with Crippen LogP contribution in [0.15, 0.2) is 24.0 Å². The standard InChI is InChI=1S/C25H18F2N6OS/c26-16-8-30-22(19-12(6-28)24(29)35-23(16)19)18-15-10-34-9-14(15)13-7-31-25(32-21(13)20(18)27)33-5-4-11-2-1-3-17(11)33/h4,7-8,17H,1-3,5,9-10,29H2. The minimum atomic E-state index is -0.602. The van der Waals surface area contributed by atoms with Crippen LogP contribution in [0.2, 0.25) is 0 Å². The van der Waals surface area contributed by atoms with E-state index in [9.17, 15) is 9.65 Å². The number of nitrogens with two attached hydrogens (primary N) is 1. The van der Waals surface area contributed by atoms with Crippen molar-refractivity contribution in [2.24, 2.45) is 0 Å². The SMILES string of the molecule is N#Cc1c(N)sc2c(F)cnc(-c3c4c(c5cnc(N6CC=C7CCCC76)nc5c3F)COC4)c12. The van der Waals surface area contributed by atoms with Crippen LogP contribution in [0.1, 0.15) is 36.0 Å². The Morgan fingerprint density at radius 3 is 2.91 bits per heavy atom. The predicted molar refractivity (Wildman–Crippen MR) is 129 cm³/mol. The Hall–Kier alpha value is -3.68. The second-order valence-electron chi connectivity index (χ2n) is 9.02. The third-order valence-electron chi connectivity index (χ3n) is 7.29. The van der Waals surface area contributed by atoms with Gasteiger partial charge in [-0.1, -0.05) is 6.08 Å². The zero-order valence-electron chi connectivity index (χ0n) is 18.4. The fourth-order valence-electron chi connectivity index (χ4n) is 5.69. The third kappa shape index (κ3) is 2.79. The predicted octanol–water partition coefficient (Wildman–Crippen LogP) is 4.97. The van der Waals surface area contributed by atoms with Gasteiger partial charge >= 0.3 is 0 Å². The van der Waals surface area contributed by atoms with Crippen LogP contribution in [-0.2, 0) is 18.0 Å². The van der Waals surface area contributed by atoms with Crippen molar-refractivity contribution in [3.63, 3.8) is 0 Å². The van der Waals surface area contributed by atoms with E-state index in [0.717, 1.165) is 42.4 Å². The number of anilines is 2. The normalized spacial score (nSPS) is 18.8. The number of thiophene rings is 1. The first-order chi connectivity index (χ1) is 17.1. The van der Waals surface area contributed by atoms with Gasteiger partial charge in [0.2, 0.25) is 5.95 Å². The number of nitrogens with zero attached hydrogens (tertiary/aromatic N) is 5. The molecule has 2 aliphatic heterocycles. The molecule has 7 nitrogen and oxygen atoms in total. The molecule has 35 heavy (non-hydrogen) atoms. The molecule has 1 unspecified atom stereocenters. The molecule has 3 aliphatic rings. The van der Waals surface area contributed by atoms with E-state index < -0.39 is 11.6 Å². The van der Waals surface area contributed by atoms with E-state index in [0.29, 0.717) is 23.4 Å². The van der Waals surface area contributed by atoms with Gasteiger partial charge in [-0.25, -0.2) is 18.7 Å². The molecule has 0 bridgehead atoms. The molecular formula is C25H18F2N6OS. The zero-order valence-corrected chi connectivity index (χ0v) is 19.3. The van der Waals surface area contributed by atoms with Gasteiger partial charge in [0.25, 0.3) is 0 Å². The van der Waals surface area contributed by atoms with Gasteiger partial charge in [0.05, 0.1) is 41.4 Å². The Morgan fingerprint density at radius 2 is 2.06 bits per heavy atom. The lowest BCUT2D eigenvalue weighted by Gasteiger charge is -2.24. The molecule has 0 radical (unpaired) electrons. The molecule has 1 aliphatic carbocycles. The van der Waals surface area contributed by atoms with E-state index in [1.165, 1.54) is 5.57 Å². The summed E-state index contributed by atoms with van der Waals surface area (Å²) in [6, 6.07) is 2.30. The van der Waals surface area contributed by atoms with Gasteiger partial charge < -0.3 is 15.4 Å². The largest absolute Gasteiger partial charge is 0.389 e. The lowest BCUT2D eigenvalue weighted by Crippen LogP contribution is -2.31. The summed E-state index contributed by atoms with van der Waals surface area (Å²) in [5, 5.41) is 10.7. The van der Waals surface area contributed by atoms with Crippen molar-refractivity contribution >= 4 is 43.3 Å². The number of nitriles is 1. The number of benzene rings is 1. The molecule has 1 atom stereocenters. The summed E-state index contributed by atoms with van der Waals surface area (Å²) >= 11 is 0.958. The molecule has 1 fully saturated rings. The number of ether oxygens (including phenoxy) is 1. The summed E-state index contributed by atoms with van der Waals surface area (Å²) in [5.74, 6) is -0.704. The first-order valence-corrected chi connectivity index (χ1v) is 12.2. The van der Waals surface area contributed by atoms with Crippen molar-refractivity contribution in [3.8, 4) is 17.3 Å². The van der Waals surface area contributed by atoms with Crippen molar-refractivity contribution in [2.75, 3.05) is 17.2 Å². The Morgan fingerprint density at radius 1 is 1.20 bits per heavy atom. The number of hydrogen-bond acceptors (Lipinski definition) is 8. The molecule has 4 aromatic rings. The van der Waals surface area contributed by atoms with Crippen LogP contribution in [0.3, 0.4) is 0 Å². The second-order valence-corrected chi connectivity index (χ2v) is 10.1.